The van der Waals surface area contributed by atoms with Crippen molar-refractivity contribution in [3.63, 3.8) is 0 Å². The number of methoxy groups -OCH3 is 1. The second-order valence-corrected chi connectivity index (χ2v) is 8.14. The Morgan fingerprint density at radius 1 is 1.03 bits per heavy atom. The first kappa shape index (κ1) is 26.6. The summed E-state index contributed by atoms with van der Waals surface area (Å²) in [6, 6.07) is 18.2. The summed E-state index contributed by atoms with van der Waals surface area (Å²) in [6.07, 6.45) is 1.43. The smallest absolute Gasteiger partial charge is 0.338 e. The molecule has 0 heterocycles. The van der Waals surface area contributed by atoms with E-state index in [1.165, 1.54) is 25.3 Å². The molecule has 0 bridgehead atoms. The summed E-state index contributed by atoms with van der Waals surface area (Å²) in [7, 11) is 1.50. The lowest BCUT2D eigenvalue weighted by molar-refractivity contribution is -0.112. The van der Waals surface area contributed by atoms with E-state index in [1.807, 2.05) is 6.07 Å². The van der Waals surface area contributed by atoms with E-state index in [-0.39, 0.29) is 18.8 Å². The molecule has 1 N–H and O–H groups in total. The van der Waals surface area contributed by atoms with E-state index in [1.54, 1.807) is 55.5 Å². The van der Waals surface area contributed by atoms with Crippen LogP contribution in [0.2, 0.25) is 10.0 Å². The molecule has 0 aliphatic carbocycles. The molecule has 184 valence electrons. The van der Waals surface area contributed by atoms with Gasteiger partial charge in [0.25, 0.3) is 5.91 Å². The van der Waals surface area contributed by atoms with Crippen LogP contribution in [0.3, 0.4) is 0 Å². The van der Waals surface area contributed by atoms with Gasteiger partial charge < -0.3 is 19.5 Å². The van der Waals surface area contributed by atoms with Crippen LogP contribution in [0.15, 0.2) is 66.2 Å². The molecule has 0 aliphatic rings. The van der Waals surface area contributed by atoms with Crippen LogP contribution in [0.4, 0.5) is 5.69 Å². The first-order valence-corrected chi connectivity index (χ1v) is 11.6. The minimum atomic E-state index is -0.609. The lowest BCUT2D eigenvalue weighted by Gasteiger charge is -2.13. The molecule has 0 aromatic heterocycles. The molecule has 7 nitrogen and oxygen atoms in total. The summed E-state index contributed by atoms with van der Waals surface area (Å²) in [6.45, 7) is 2.07. The number of nitrogens with zero attached hydrogens (tertiary/aromatic N) is 1. The zero-order valence-corrected chi connectivity index (χ0v) is 21.0. The monoisotopic (exact) mass is 524 g/mol. The van der Waals surface area contributed by atoms with Crippen LogP contribution in [-0.2, 0) is 16.1 Å². The summed E-state index contributed by atoms with van der Waals surface area (Å²) in [5.74, 6) is -0.223. The highest BCUT2D eigenvalue weighted by Gasteiger charge is 2.13. The Kier molecular flexibility index (Phi) is 9.34. The Bertz CT molecular complexity index is 1310. The zero-order valence-electron chi connectivity index (χ0n) is 19.5. The molecule has 0 spiro atoms. The maximum absolute atomic E-state index is 12.7. The van der Waals surface area contributed by atoms with E-state index in [2.05, 4.69) is 5.32 Å². The highest BCUT2D eigenvalue weighted by Crippen LogP contribution is 2.32. The molecule has 0 saturated carbocycles. The minimum absolute atomic E-state index is 0.0927. The van der Waals surface area contributed by atoms with E-state index in [0.717, 1.165) is 0 Å². The molecule has 3 aromatic rings. The number of hydrogen-bond acceptors (Lipinski definition) is 6. The number of hydrogen-bond donors (Lipinski definition) is 1. The molecule has 0 unspecified atom stereocenters. The van der Waals surface area contributed by atoms with Gasteiger partial charge in [0, 0.05) is 21.3 Å². The molecule has 0 fully saturated rings. The minimum Gasteiger partial charge on any atom is -0.493 e. The maximum atomic E-state index is 12.7. The van der Waals surface area contributed by atoms with E-state index < -0.39 is 11.9 Å². The SMILES string of the molecule is CCOC(=O)c1ccc(NC(=O)/C(C#N)=C/c2ccc(OC)c(OCc3c(Cl)cccc3Cl)c2)cc1. The Hall–Kier alpha value is -3.99. The van der Waals surface area contributed by atoms with Gasteiger partial charge in [0.15, 0.2) is 11.5 Å². The molecular weight excluding hydrogens is 503 g/mol. The van der Waals surface area contributed by atoms with E-state index in [9.17, 15) is 14.9 Å². The summed E-state index contributed by atoms with van der Waals surface area (Å²) in [5.41, 5.74) is 1.81. The summed E-state index contributed by atoms with van der Waals surface area (Å²) in [4.78, 5) is 24.5. The first-order chi connectivity index (χ1) is 17.4. The van der Waals surface area contributed by atoms with Gasteiger partial charge in [0.05, 0.1) is 19.3 Å². The first-order valence-electron chi connectivity index (χ1n) is 10.8. The van der Waals surface area contributed by atoms with Crippen molar-refractivity contribution in [1.82, 2.24) is 0 Å². The normalized spacial score (nSPS) is 10.8. The Balaban J connectivity index is 1.77. The van der Waals surface area contributed by atoms with E-state index >= 15 is 0 Å². The van der Waals surface area contributed by atoms with Gasteiger partial charge in [-0.2, -0.15) is 5.26 Å². The number of benzene rings is 3. The number of esters is 1. The molecular formula is C27H22Cl2N2O5. The lowest BCUT2D eigenvalue weighted by Crippen LogP contribution is -2.13. The van der Waals surface area contributed by atoms with Crippen molar-refractivity contribution in [3.05, 3.63) is 93.0 Å². The van der Waals surface area contributed by atoms with Crippen LogP contribution in [-0.4, -0.2) is 25.6 Å². The number of nitrogens with one attached hydrogen (secondary N) is 1. The molecule has 0 atom stereocenters. The molecule has 1 amide bonds. The van der Waals surface area contributed by atoms with Crippen molar-refractivity contribution in [2.75, 3.05) is 19.0 Å². The highest BCUT2D eigenvalue weighted by molar-refractivity contribution is 6.35. The molecule has 0 saturated heterocycles. The van der Waals surface area contributed by atoms with Crippen LogP contribution in [0, 0.1) is 11.3 Å². The predicted molar refractivity (Wildman–Crippen MR) is 138 cm³/mol. The fourth-order valence-corrected chi connectivity index (χ4v) is 3.64. The number of nitriles is 1. The quantitative estimate of drug-likeness (QED) is 0.200. The Morgan fingerprint density at radius 2 is 1.72 bits per heavy atom. The second-order valence-electron chi connectivity index (χ2n) is 7.32. The van der Waals surface area contributed by atoms with Crippen molar-refractivity contribution in [2.24, 2.45) is 0 Å². The number of rotatable bonds is 9. The number of carbonyl (C=O) groups is 2. The average Bonchev–Trinajstić information content (AvgIpc) is 2.87. The average molecular weight is 525 g/mol. The van der Waals surface area contributed by atoms with Crippen LogP contribution < -0.4 is 14.8 Å². The number of anilines is 1. The summed E-state index contributed by atoms with van der Waals surface area (Å²) in [5, 5.41) is 13.1. The third-order valence-corrected chi connectivity index (χ3v) is 5.66. The molecule has 0 radical (unpaired) electrons. The van der Waals surface area contributed by atoms with E-state index in [0.29, 0.717) is 43.9 Å². The lowest BCUT2D eigenvalue weighted by atomic mass is 10.1. The zero-order chi connectivity index (χ0) is 26.1. The van der Waals surface area contributed by atoms with Gasteiger partial charge in [-0.1, -0.05) is 35.3 Å². The van der Waals surface area contributed by atoms with Crippen LogP contribution in [0.1, 0.15) is 28.4 Å². The summed E-state index contributed by atoms with van der Waals surface area (Å²) < 4.78 is 16.2. The number of ether oxygens (including phenoxy) is 3. The number of carbonyl (C=O) groups excluding carboxylic acids is 2. The van der Waals surface area contributed by atoms with Crippen LogP contribution in [0.25, 0.3) is 6.08 Å². The molecule has 9 heteroatoms. The van der Waals surface area contributed by atoms with Crippen molar-refractivity contribution in [1.29, 1.82) is 5.26 Å². The van der Waals surface area contributed by atoms with Crippen LogP contribution >= 0.6 is 23.2 Å². The van der Waals surface area contributed by atoms with Gasteiger partial charge in [0.1, 0.15) is 18.2 Å². The standard InChI is InChI=1S/C27H22Cl2N2O5/c1-3-35-27(33)18-8-10-20(11-9-18)31-26(32)19(15-30)13-17-7-12-24(34-2)25(14-17)36-16-21-22(28)5-4-6-23(21)29/h4-14H,3,16H2,1-2H3,(H,31,32)/b19-13+. The molecule has 3 rings (SSSR count). The van der Waals surface area contributed by atoms with Gasteiger partial charge in [-0.05, 0) is 67.1 Å². The van der Waals surface area contributed by atoms with Gasteiger partial charge in [0.2, 0.25) is 0 Å². The fraction of sp³-hybridized carbons (Fsp3) is 0.148. The van der Waals surface area contributed by atoms with Gasteiger partial charge in [-0.25, -0.2) is 4.79 Å². The topological polar surface area (TPSA) is 97.7 Å². The van der Waals surface area contributed by atoms with Gasteiger partial charge in [-0.3, -0.25) is 4.79 Å². The molecule has 0 aliphatic heterocycles. The highest BCUT2D eigenvalue weighted by atomic mass is 35.5. The van der Waals surface area contributed by atoms with E-state index in [4.69, 9.17) is 37.4 Å². The summed E-state index contributed by atoms with van der Waals surface area (Å²) >= 11 is 12.4. The molecule has 3 aromatic carbocycles. The maximum Gasteiger partial charge on any atom is 0.338 e. The van der Waals surface area contributed by atoms with Crippen molar-refractivity contribution in [3.8, 4) is 17.6 Å². The largest absolute Gasteiger partial charge is 0.493 e. The van der Waals surface area contributed by atoms with Crippen molar-refractivity contribution >= 4 is 46.8 Å². The number of amides is 1. The Labute approximate surface area is 218 Å². The van der Waals surface area contributed by atoms with Crippen molar-refractivity contribution in [2.45, 2.75) is 13.5 Å². The van der Waals surface area contributed by atoms with Gasteiger partial charge >= 0.3 is 5.97 Å². The second kappa shape index (κ2) is 12.6. The number of halogens is 2. The molecule has 36 heavy (non-hydrogen) atoms. The fourth-order valence-electron chi connectivity index (χ4n) is 3.13. The van der Waals surface area contributed by atoms with Gasteiger partial charge in [-0.15, -0.1) is 0 Å². The van der Waals surface area contributed by atoms with Crippen molar-refractivity contribution < 1.29 is 23.8 Å². The van der Waals surface area contributed by atoms with Crippen LogP contribution in [0.5, 0.6) is 11.5 Å². The predicted octanol–water partition coefficient (Wildman–Crippen LogP) is 6.30. The Morgan fingerprint density at radius 3 is 2.33 bits per heavy atom. The third-order valence-electron chi connectivity index (χ3n) is 4.95. The third kappa shape index (κ3) is 6.79.